The number of fused-ring (bicyclic) bond motifs is 2. The minimum Gasteiger partial charge on any atom is -0.328 e. The third kappa shape index (κ3) is 3.07. The number of carbonyl (C=O) groups excluding carboxylic acids is 1. The highest BCUT2D eigenvalue weighted by Gasteiger charge is 2.28. The molecular weight excluding hydrogens is 372 g/mol. The molecule has 150 valence electrons. The predicted octanol–water partition coefficient (Wildman–Crippen LogP) is 4.91. The molecule has 5 rings (SSSR count). The minimum absolute atomic E-state index is 0.0667. The summed E-state index contributed by atoms with van der Waals surface area (Å²) >= 11 is 0. The van der Waals surface area contributed by atoms with Gasteiger partial charge in [0.25, 0.3) is 5.91 Å². The van der Waals surface area contributed by atoms with Gasteiger partial charge >= 0.3 is 0 Å². The fourth-order valence-corrected chi connectivity index (χ4v) is 4.37. The Balaban J connectivity index is 1.51. The lowest BCUT2D eigenvalue weighted by molar-refractivity contribution is 0.0766. The smallest absolute Gasteiger partial charge is 0.256 e. The van der Waals surface area contributed by atoms with E-state index in [0.29, 0.717) is 19.0 Å². The van der Waals surface area contributed by atoms with Gasteiger partial charge in [-0.15, -0.1) is 0 Å². The van der Waals surface area contributed by atoms with Crippen LogP contribution in [-0.4, -0.2) is 25.6 Å². The highest BCUT2D eigenvalue weighted by molar-refractivity contribution is 5.98. The van der Waals surface area contributed by atoms with Crippen molar-refractivity contribution in [1.29, 1.82) is 0 Å². The van der Waals surface area contributed by atoms with Gasteiger partial charge in [0.2, 0.25) is 0 Å². The van der Waals surface area contributed by atoms with E-state index in [2.05, 4.69) is 60.5 Å². The summed E-state index contributed by atoms with van der Waals surface area (Å²) < 4.78 is 1.86. The summed E-state index contributed by atoms with van der Waals surface area (Å²) in [5.74, 6) is 0.420. The minimum atomic E-state index is 0.0667. The number of pyridine rings is 1. The number of hydrogen-bond donors (Lipinski definition) is 0. The van der Waals surface area contributed by atoms with E-state index in [1.807, 2.05) is 34.8 Å². The maximum Gasteiger partial charge on any atom is 0.256 e. The molecule has 0 fully saturated rings. The summed E-state index contributed by atoms with van der Waals surface area (Å²) in [4.78, 5) is 19.1. The first kappa shape index (κ1) is 18.6. The number of amides is 1. The first-order valence-corrected chi connectivity index (χ1v) is 10.3. The summed E-state index contributed by atoms with van der Waals surface area (Å²) in [5.41, 5.74) is 7.41. The summed E-state index contributed by atoms with van der Waals surface area (Å²) in [6.45, 7) is 5.58. The third-order valence-electron chi connectivity index (χ3n) is 5.85. The molecule has 0 unspecified atom stereocenters. The van der Waals surface area contributed by atoms with E-state index in [9.17, 15) is 4.79 Å². The number of benzene rings is 2. The van der Waals surface area contributed by atoms with E-state index in [0.717, 1.165) is 22.2 Å². The number of aryl methyl sites for hydroxylation is 1. The van der Waals surface area contributed by atoms with E-state index in [1.54, 1.807) is 6.20 Å². The Morgan fingerprint density at radius 3 is 2.70 bits per heavy atom. The Hall–Kier alpha value is -3.47. The van der Waals surface area contributed by atoms with Crippen LogP contribution >= 0.6 is 0 Å². The van der Waals surface area contributed by atoms with Gasteiger partial charge in [-0.1, -0.05) is 44.2 Å². The molecule has 1 amide bonds. The number of rotatable bonds is 4. The highest BCUT2D eigenvalue weighted by Crippen LogP contribution is 2.33. The number of hydrogen-bond acceptors (Lipinski definition) is 3. The number of aromatic nitrogens is 3. The molecule has 0 saturated carbocycles. The number of nitrogens with zero attached hydrogens (tertiary/aromatic N) is 4. The molecule has 0 radical (unpaired) electrons. The zero-order valence-electron chi connectivity index (χ0n) is 17.5. The Morgan fingerprint density at radius 2 is 1.90 bits per heavy atom. The molecule has 30 heavy (non-hydrogen) atoms. The van der Waals surface area contributed by atoms with E-state index >= 15 is 0 Å². The molecule has 0 spiro atoms. The molecule has 5 nitrogen and oxygen atoms in total. The Bertz CT molecular complexity index is 1270. The molecule has 1 aliphatic heterocycles. The van der Waals surface area contributed by atoms with Gasteiger partial charge in [0, 0.05) is 31.4 Å². The van der Waals surface area contributed by atoms with Crippen LogP contribution in [0.1, 0.15) is 46.9 Å². The predicted molar refractivity (Wildman–Crippen MR) is 118 cm³/mol. The second-order valence-corrected chi connectivity index (χ2v) is 8.27. The van der Waals surface area contributed by atoms with Crippen molar-refractivity contribution in [3.8, 4) is 11.1 Å². The third-order valence-corrected chi connectivity index (χ3v) is 5.85. The van der Waals surface area contributed by atoms with Crippen LogP contribution in [0.5, 0.6) is 0 Å². The van der Waals surface area contributed by atoms with Crippen LogP contribution in [0, 0.1) is 0 Å². The van der Waals surface area contributed by atoms with Crippen molar-refractivity contribution in [3.63, 3.8) is 0 Å². The highest BCUT2D eigenvalue weighted by atomic mass is 16.2. The topological polar surface area (TPSA) is 51.0 Å². The fourth-order valence-electron chi connectivity index (χ4n) is 4.37. The molecule has 4 aromatic rings. The lowest BCUT2D eigenvalue weighted by atomic mass is 9.91. The van der Waals surface area contributed by atoms with E-state index in [1.165, 1.54) is 22.3 Å². The molecule has 0 atom stereocenters. The van der Waals surface area contributed by atoms with Crippen molar-refractivity contribution in [1.82, 2.24) is 19.7 Å². The fraction of sp³-hybridized carbons (Fsp3) is 0.240. The van der Waals surface area contributed by atoms with Gasteiger partial charge < -0.3 is 4.90 Å². The van der Waals surface area contributed by atoms with Crippen molar-refractivity contribution in [2.24, 2.45) is 7.05 Å². The summed E-state index contributed by atoms with van der Waals surface area (Å²) in [7, 11) is 1.95. The molecule has 3 heterocycles. The first-order valence-electron chi connectivity index (χ1n) is 10.3. The Labute approximate surface area is 176 Å². The molecule has 1 aliphatic rings. The number of carbonyl (C=O) groups is 1. The van der Waals surface area contributed by atoms with Gasteiger partial charge in [0.15, 0.2) is 0 Å². The summed E-state index contributed by atoms with van der Waals surface area (Å²) in [6, 6.07) is 16.5. The van der Waals surface area contributed by atoms with Crippen LogP contribution in [0.15, 0.2) is 60.9 Å². The molecular formula is C25H24N4O. The average molecular weight is 396 g/mol. The largest absolute Gasteiger partial charge is 0.328 e. The van der Waals surface area contributed by atoms with Crippen molar-refractivity contribution in [2.45, 2.75) is 32.9 Å². The van der Waals surface area contributed by atoms with Crippen molar-refractivity contribution >= 4 is 16.8 Å². The summed E-state index contributed by atoms with van der Waals surface area (Å²) in [5, 5.41) is 5.69. The maximum absolute atomic E-state index is 12.8. The van der Waals surface area contributed by atoms with Crippen LogP contribution in [0.25, 0.3) is 22.0 Å². The SMILES string of the molecule is CC(C)c1cc(-c2cccc3nn(C)cc23)ccc1CN1Cc2ncccc2C1=O. The van der Waals surface area contributed by atoms with Crippen LogP contribution in [0.4, 0.5) is 0 Å². The van der Waals surface area contributed by atoms with Gasteiger partial charge in [-0.2, -0.15) is 5.10 Å². The van der Waals surface area contributed by atoms with E-state index in [4.69, 9.17) is 0 Å². The standard InChI is InChI=1S/C25H24N4O/c1-16(2)21-12-17(19-6-4-8-23-22(19)14-28(3)27-23)9-10-18(21)13-29-15-24-20(25(29)30)7-5-11-26-24/h4-12,14,16H,13,15H2,1-3H3. The zero-order chi connectivity index (χ0) is 20.8. The molecule has 2 aromatic carbocycles. The quantitative estimate of drug-likeness (QED) is 0.492. The normalized spacial score (nSPS) is 13.5. The Kier molecular flexibility index (Phi) is 4.39. The van der Waals surface area contributed by atoms with Crippen LogP contribution in [-0.2, 0) is 20.1 Å². The second-order valence-electron chi connectivity index (χ2n) is 8.27. The van der Waals surface area contributed by atoms with Crippen LogP contribution in [0.2, 0.25) is 0 Å². The van der Waals surface area contributed by atoms with Crippen LogP contribution in [0.3, 0.4) is 0 Å². The van der Waals surface area contributed by atoms with E-state index in [-0.39, 0.29) is 5.91 Å². The second kappa shape index (κ2) is 7.10. The molecule has 0 aliphatic carbocycles. The van der Waals surface area contributed by atoms with Crippen LogP contribution < -0.4 is 0 Å². The zero-order valence-corrected chi connectivity index (χ0v) is 17.5. The average Bonchev–Trinajstić information content (AvgIpc) is 3.27. The monoisotopic (exact) mass is 396 g/mol. The molecule has 0 bridgehead atoms. The van der Waals surface area contributed by atoms with Gasteiger partial charge in [0.05, 0.1) is 23.3 Å². The van der Waals surface area contributed by atoms with Gasteiger partial charge in [-0.25, -0.2) is 0 Å². The summed E-state index contributed by atoms with van der Waals surface area (Å²) in [6.07, 6.45) is 3.82. The molecule has 0 saturated heterocycles. The first-order chi connectivity index (χ1) is 14.5. The van der Waals surface area contributed by atoms with Gasteiger partial charge in [0.1, 0.15) is 0 Å². The molecule has 2 aromatic heterocycles. The molecule has 5 heteroatoms. The Morgan fingerprint density at radius 1 is 1.07 bits per heavy atom. The molecule has 0 N–H and O–H groups in total. The lowest BCUT2D eigenvalue weighted by Gasteiger charge is -2.21. The van der Waals surface area contributed by atoms with E-state index < -0.39 is 0 Å². The maximum atomic E-state index is 12.8. The lowest BCUT2D eigenvalue weighted by Crippen LogP contribution is -2.24. The van der Waals surface area contributed by atoms with Gasteiger partial charge in [-0.05, 0) is 46.4 Å². The van der Waals surface area contributed by atoms with Crippen molar-refractivity contribution < 1.29 is 4.79 Å². The van der Waals surface area contributed by atoms with Gasteiger partial charge in [-0.3, -0.25) is 14.5 Å². The van der Waals surface area contributed by atoms with Crippen molar-refractivity contribution in [2.75, 3.05) is 0 Å². The van der Waals surface area contributed by atoms with Crippen molar-refractivity contribution in [3.05, 3.63) is 83.3 Å².